The van der Waals surface area contributed by atoms with Crippen molar-refractivity contribution in [3.8, 4) is 22.4 Å². The van der Waals surface area contributed by atoms with E-state index in [1.165, 1.54) is 43.6 Å². The van der Waals surface area contributed by atoms with Crippen molar-refractivity contribution in [1.82, 2.24) is 14.4 Å². The molecule has 0 aliphatic heterocycles. The lowest BCUT2D eigenvalue weighted by Crippen LogP contribution is -1.92. The number of nitrogens with zero attached hydrogens (tertiary/aromatic N) is 3. The molecule has 0 N–H and O–H groups in total. The van der Waals surface area contributed by atoms with Crippen LogP contribution < -0.4 is 0 Å². The van der Waals surface area contributed by atoms with Gasteiger partial charge in [0.05, 0.1) is 27.8 Å². The summed E-state index contributed by atoms with van der Waals surface area (Å²) < 4.78 is 2.30. The highest BCUT2D eigenvalue weighted by Crippen LogP contribution is 2.35. The Kier molecular flexibility index (Phi) is 4.61. The Morgan fingerprint density at radius 1 is 0.415 bits per heavy atom. The Morgan fingerprint density at radius 2 is 1.10 bits per heavy atom. The summed E-state index contributed by atoms with van der Waals surface area (Å²) in [5, 5.41) is 7.17. The number of rotatable bonds is 2. The van der Waals surface area contributed by atoms with Gasteiger partial charge >= 0.3 is 0 Å². The van der Waals surface area contributed by atoms with Crippen LogP contribution in [0.1, 0.15) is 0 Å². The van der Waals surface area contributed by atoms with Crippen LogP contribution in [-0.4, -0.2) is 14.4 Å². The van der Waals surface area contributed by atoms with Crippen LogP contribution in [0, 0.1) is 0 Å². The topological polar surface area (TPSA) is 30.2 Å². The average Bonchev–Trinajstić information content (AvgIpc) is 3.45. The third kappa shape index (κ3) is 3.33. The first kappa shape index (κ1) is 22.3. The molecule has 0 unspecified atom stereocenters. The van der Waals surface area contributed by atoms with E-state index in [4.69, 9.17) is 9.97 Å². The van der Waals surface area contributed by atoms with Crippen molar-refractivity contribution in [3.63, 3.8) is 0 Å². The maximum atomic E-state index is 5.09. The summed E-state index contributed by atoms with van der Waals surface area (Å²) in [6.45, 7) is 0. The summed E-state index contributed by atoms with van der Waals surface area (Å²) in [4.78, 5) is 10.1. The SMILES string of the molecule is c1ccc2c(c1)ccc1ccc(-c3ccc(-c4ccc5c(c4)c4ccccc4c4nc6ccccc6n54)cc3)nc12. The fourth-order valence-electron chi connectivity index (χ4n) is 6.34. The molecular formula is C38H23N3. The maximum Gasteiger partial charge on any atom is 0.146 e. The van der Waals surface area contributed by atoms with Gasteiger partial charge in [-0.1, -0.05) is 109 Å². The monoisotopic (exact) mass is 521 g/mol. The number of pyridine rings is 2. The third-order valence-corrected chi connectivity index (χ3v) is 8.36. The summed E-state index contributed by atoms with van der Waals surface area (Å²) in [6, 6.07) is 49.6. The van der Waals surface area contributed by atoms with Crippen LogP contribution in [0.5, 0.6) is 0 Å². The minimum Gasteiger partial charge on any atom is -0.292 e. The van der Waals surface area contributed by atoms with E-state index in [1.807, 2.05) is 0 Å². The molecule has 3 aromatic heterocycles. The predicted molar refractivity (Wildman–Crippen MR) is 171 cm³/mol. The van der Waals surface area contributed by atoms with Crippen molar-refractivity contribution >= 4 is 60.0 Å². The first-order valence-electron chi connectivity index (χ1n) is 13.9. The lowest BCUT2D eigenvalue weighted by Gasteiger charge is -2.11. The maximum absolute atomic E-state index is 5.09. The molecule has 0 fully saturated rings. The van der Waals surface area contributed by atoms with E-state index in [1.54, 1.807) is 0 Å². The quantitative estimate of drug-likeness (QED) is 0.212. The Bertz CT molecular complexity index is 2470. The molecule has 0 aliphatic rings. The zero-order chi connectivity index (χ0) is 26.9. The molecular weight excluding hydrogens is 498 g/mol. The van der Waals surface area contributed by atoms with Gasteiger partial charge in [-0.2, -0.15) is 0 Å². The van der Waals surface area contributed by atoms with Crippen molar-refractivity contribution in [2.24, 2.45) is 0 Å². The van der Waals surface area contributed by atoms with E-state index >= 15 is 0 Å². The standard InChI is InChI=1S/C38H23N3/c1-2-8-29-25(7-1)15-18-27-19-21-33(39-37(27)29)26-16-13-24(14-17-26)28-20-22-35-32(23-28)30-9-3-4-10-31(30)38-40-34-11-5-6-12-36(34)41(35)38/h1-23H. The molecule has 3 nitrogen and oxygen atoms in total. The van der Waals surface area contributed by atoms with E-state index < -0.39 is 0 Å². The smallest absolute Gasteiger partial charge is 0.146 e. The normalized spacial score (nSPS) is 11.9. The second-order valence-electron chi connectivity index (χ2n) is 10.7. The van der Waals surface area contributed by atoms with Gasteiger partial charge in [0.2, 0.25) is 0 Å². The van der Waals surface area contributed by atoms with E-state index in [2.05, 4.69) is 144 Å². The summed E-state index contributed by atoms with van der Waals surface area (Å²) in [5.41, 5.74) is 9.83. The van der Waals surface area contributed by atoms with Crippen LogP contribution in [0.15, 0.2) is 140 Å². The number of aromatic nitrogens is 3. The fraction of sp³-hybridized carbons (Fsp3) is 0. The molecule has 0 spiro atoms. The minimum atomic E-state index is 0.985. The van der Waals surface area contributed by atoms with Crippen LogP contribution in [0.25, 0.3) is 82.4 Å². The van der Waals surface area contributed by atoms with Crippen molar-refractivity contribution in [1.29, 1.82) is 0 Å². The first-order chi connectivity index (χ1) is 20.3. The van der Waals surface area contributed by atoms with Gasteiger partial charge in [0.1, 0.15) is 5.65 Å². The third-order valence-electron chi connectivity index (χ3n) is 8.36. The van der Waals surface area contributed by atoms with Gasteiger partial charge in [-0.25, -0.2) is 9.97 Å². The fourth-order valence-corrected chi connectivity index (χ4v) is 6.34. The van der Waals surface area contributed by atoms with Crippen molar-refractivity contribution in [2.75, 3.05) is 0 Å². The van der Waals surface area contributed by atoms with E-state index in [-0.39, 0.29) is 0 Å². The molecule has 190 valence electrons. The Hall–Kier alpha value is -5.54. The number of benzene rings is 6. The molecule has 3 heteroatoms. The van der Waals surface area contributed by atoms with Crippen molar-refractivity contribution in [3.05, 3.63) is 140 Å². The summed E-state index contributed by atoms with van der Waals surface area (Å²) >= 11 is 0. The number of fused-ring (bicyclic) bond motifs is 11. The van der Waals surface area contributed by atoms with Crippen molar-refractivity contribution < 1.29 is 0 Å². The summed E-state index contributed by atoms with van der Waals surface area (Å²) in [7, 11) is 0. The molecule has 41 heavy (non-hydrogen) atoms. The second kappa shape index (κ2) is 8.48. The van der Waals surface area contributed by atoms with Gasteiger partial charge in [0.25, 0.3) is 0 Å². The highest BCUT2D eigenvalue weighted by Gasteiger charge is 2.14. The molecule has 0 amide bonds. The Balaban J connectivity index is 1.19. The van der Waals surface area contributed by atoms with Crippen LogP contribution >= 0.6 is 0 Å². The number of hydrogen-bond acceptors (Lipinski definition) is 2. The minimum absolute atomic E-state index is 0.985. The first-order valence-corrected chi connectivity index (χ1v) is 13.9. The predicted octanol–water partition coefficient (Wildman–Crippen LogP) is 9.83. The van der Waals surface area contributed by atoms with Gasteiger partial charge in [-0.05, 0) is 52.2 Å². The molecule has 9 rings (SSSR count). The largest absolute Gasteiger partial charge is 0.292 e. The number of imidazole rings is 1. The number of para-hydroxylation sites is 2. The Labute approximate surface area is 236 Å². The zero-order valence-corrected chi connectivity index (χ0v) is 22.1. The van der Waals surface area contributed by atoms with Gasteiger partial charge in [-0.15, -0.1) is 0 Å². The summed E-state index contributed by atoms with van der Waals surface area (Å²) in [6.07, 6.45) is 0. The Morgan fingerprint density at radius 3 is 2.00 bits per heavy atom. The molecule has 9 aromatic rings. The van der Waals surface area contributed by atoms with Gasteiger partial charge < -0.3 is 0 Å². The number of hydrogen-bond donors (Lipinski definition) is 0. The van der Waals surface area contributed by atoms with Crippen LogP contribution in [-0.2, 0) is 0 Å². The zero-order valence-electron chi connectivity index (χ0n) is 22.1. The molecule has 0 saturated heterocycles. The summed E-state index contributed by atoms with van der Waals surface area (Å²) in [5.74, 6) is 0. The molecule has 6 aromatic carbocycles. The molecule has 0 bridgehead atoms. The van der Waals surface area contributed by atoms with Crippen molar-refractivity contribution in [2.45, 2.75) is 0 Å². The van der Waals surface area contributed by atoms with E-state index in [9.17, 15) is 0 Å². The molecule has 3 heterocycles. The molecule has 0 aliphatic carbocycles. The van der Waals surface area contributed by atoms with Gasteiger partial charge in [-0.3, -0.25) is 4.40 Å². The molecule has 0 atom stereocenters. The van der Waals surface area contributed by atoms with Crippen LogP contribution in [0.4, 0.5) is 0 Å². The lowest BCUT2D eigenvalue weighted by atomic mass is 9.98. The second-order valence-corrected chi connectivity index (χ2v) is 10.7. The van der Waals surface area contributed by atoms with Gasteiger partial charge in [0, 0.05) is 27.1 Å². The van der Waals surface area contributed by atoms with Crippen LogP contribution in [0.2, 0.25) is 0 Å². The highest BCUT2D eigenvalue weighted by atomic mass is 15.0. The molecule has 0 saturated carbocycles. The lowest BCUT2D eigenvalue weighted by molar-refractivity contribution is 1.31. The van der Waals surface area contributed by atoms with E-state index in [0.29, 0.717) is 0 Å². The highest BCUT2D eigenvalue weighted by molar-refractivity contribution is 6.14. The molecule has 0 radical (unpaired) electrons. The van der Waals surface area contributed by atoms with Crippen LogP contribution in [0.3, 0.4) is 0 Å². The van der Waals surface area contributed by atoms with Gasteiger partial charge in [0.15, 0.2) is 0 Å². The average molecular weight is 522 g/mol. The van der Waals surface area contributed by atoms with E-state index in [0.717, 1.165) is 38.8 Å².